The van der Waals surface area contributed by atoms with Crippen LogP contribution in [-0.4, -0.2) is 166 Å². The Hall–Kier alpha value is -6.00. The maximum absolute atomic E-state index is 11.2. The Bertz CT molecular complexity index is 2090. The highest BCUT2D eigenvalue weighted by Crippen LogP contribution is 2.35. The molecule has 5 aromatic rings. The zero-order valence-corrected chi connectivity index (χ0v) is 40.3. The third kappa shape index (κ3) is 16.6. The number of aldehydes is 1. The van der Waals surface area contributed by atoms with Crippen molar-refractivity contribution in [3.05, 3.63) is 150 Å². The first kappa shape index (κ1) is 53.9. The molecule has 14 heteroatoms. The van der Waals surface area contributed by atoms with Crippen molar-refractivity contribution in [2.45, 2.75) is 32.1 Å². The Morgan fingerprint density at radius 2 is 0.812 bits per heavy atom. The van der Waals surface area contributed by atoms with Crippen LogP contribution in [0.15, 0.2) is 127 Å². The number of para-hydroxylation sites is 1. The monoisotopic (exact) mass is 947 g/mol. The second kappa shape index (κ2) is 29.8. The number of aliphatic hydroxyl groups excluding tert-OH is 6. The summed E-state index contributed by atoms with van der Waals surface area (Å²) in [6.07, 6.45) is 4.65. The van der Waals surface area contributed by atoms with Gasteiger partial charge < -0.3 is 60.0 Å². The van der Waals surface area contributed by atoms with E-state index in [1.54, 1.807) is 6.92 Å². The number of rotatable bonds is 21. The smallest absolute Gasteiger partial charge is 0.219 e. The van der Waals surface area contributed by atoms with Gasteiger partial charge in [0.2, 0.25) is 5.91 Å². The summed E-state index contributed by atoms with van der Waals surface area (Å²) in [5, 5.41) is 55.4. The average molecular weight is 947 g/mol. The maximum atomic E-state index is 11.2. The molecule has 2 saturated heterocycles. The zero-order chi connectivity index (χ0) is 49.2. The maximum Gasteiger partial charge on any atom is 0.219 e. The molecule has 6 N–H and O–H groups in total. The minimum absolute atomic E-state index is 0.0248. The van der Waals surface area contributed by atoms with Crippen LogP contribution in [0.1, 0.15) is 59.2 Å². The van der Waals surface area contributed by atoms with Gasteiger partial charge in [-0.3, -0.25) is 9.59 Å². The summed E-state index contributed by atoms with van der Waals surface area (Å²) < 4.78 is 0. The number of benzene rings is 5. The molecule has 0 unspecified atom stereocenters. The number of piperazine rings is 1. The summed E-state index contributed by atoms with van der Waals surface area (Å²) in [5.74, 6) is 0.165. The van der Waals surface area contributed by atoms with Gasteiger partial charge in [0.1, 0.15) is 6.29 Å². The van der Waals surface area contributed by atoms with Crippen LogP contribution in [0.2, 0.25) is 0 Å². The molecule has 7 rings (SSSR count). The second-order valence-electron chi connectivity index (χ2n) is 17.1. The molecule has 372 valence electrons. The van der Waals surface area contributed by atoms with Crippen LogP contribution in [0, 0.1) is 0 Å². The van der Waals surface area contributed by atoms with Crippen LogP contribution in [-0.2, 0) is 4.79 Å². The predicted molar refractivity (Wildman–Crippen MR) is 278 cm³/mol. The topological polar surface area (TPSA) is 175 Å². The molecule has 1 amide bonds. The number of hydrogen-bond donors (Lipinski definition) is 6. The number of aliphatic hydroxyl groups is 6. The van der Waals surface area contributed by atoms with E-state index < -0.39 is 0 Å². The van der Waals surface area contributed by atoms with Crippen LogP contribution in [0.25, 0.3) is 0 Å². The summed E-state index contributed by atoms with van der Waals surface area (Å²) in [6.45, 7) is 10.4. The Balaban J connectivity index is 0.000000241. The van der Waals surface area contributed by atoms with E-state index in [0.717, 1.165) is 79.4 Å². The number of anilines is 5. The van der Waals surface area contributed by atoms with E-state index >= 15 is 0 Å². The molecule has 0 atom stereocenters. The van der Waals surface area contributed by atoms with Crippen molar-refractivity contribution in [1.29, 1.82) is 0 Å². The summed E-state index contributed by atoms with van der Waals surface area (Å²) in [7, 11) is 0. The standard InChI is InChI=1S/C32H43N3O4.C13H16N2O2.C10H15NO2/c36-22-18-34(19-23-37)30-12-6-27(7-13-30)32(26-4-10-29(11-5-26)33-16-2-1-3-17-33)28-8-14-31(15-9-28)35(20-24-38)21-25-39;1-11(17)14-6-8-15(9-7-14)13-4-2-12(10-16)3-5-13;12-8-6-11(7-9-13)10-4-2-1-3-5-10/h4-15,32,36-39H,1-3,16-25H2;2-5,10H,6-9H2,1H3;1-5,12-13H,6-9H2. The fraction of sp³-hybridized carbons (Fsp3) is 0.418. The van der Waals surface area contributed by atoms with Crippen molar-refractivity contribution < 1.29 is 40.2 Å². The molecule has 2 fully saturated rings. The number of carbonyl (C=O) groups is 2. The Labute approximate surface area is 408 Å². The number of carbonyl (C=O) groups excluding carboxylic acids is 2. The molecule has 0 spiro atoms. The number of hydrogen-bond acceptors (Lipinski definition) is 13. The lowest BCUT2D eigenvalue weighted by Gasteiger charge is -2.35. The van der Waals surface area contributed by atoms with Gasteiger partial charge in [-0.2, -0.15) is 0 Å². The molecule has 5 aromatic carbocycles. The zero-order valence-electron chi connectivity index (χ0n) is 40.3. The summed E-state index contributed by atoms with van der Waals surface area (Å²) >= 11 is 0. The Morgan fingerprint density at radius 1 is 0.464 bits per heavy atom. The van der Waals surface area contributed by atoms with Crippen molar-refractivity contribution in [3.8, 4) is 0 Å². The van der Waals surface area contributed by atoms with Crippen molar-refractivity contribution in [1.82, 2.24) is 4.90 Å². The molecule has 2 aliphatic rings. The van der Waals surface area contributed by atoms with E-state index in [1.807, 2.05) is 74.2 Å². The average Bonchev–Trinajstić information content (AvgIpc) is 3.40. The highest BCUT2D eigenvalue weighted by Gasteiger charge is 2.21. The molecular formula is C55H74N6O8. The molecule has 0 radical (unpaired) electrons. The lowest BCUT2D eigenvalue weighted by molar-refractivity contribution is -0.129. The summed E-state index contributed by atoms with van der Waals surface area (Å²) in [4.78, 5) is 34.2. The molecule has 69 heavy (non-hydrogen) atoms. The fourth-order valence-corrected chi connectivity index (χ4v) is 8.88. The SMILES string of the molecule is CC(=O)N1CCN(c2ccc(C=O)cc2)CC1.OCCN(CCO)c1ccc(C(c2ccc(N(CCO)CCO)cc2)c2ccc(N3CCCCC3)cc2)cc1.OCCN(CCO)c1ccccc1. The van der Waals surface area contributed by atoms with Gasteiger partial charge in [0, 0.05) is 125 Å². The van der Waals surface area contributed by atoms with E-state index in [4.69, 9.17) is 10.2 Å². The summed E-state index contributed by atoms with van der Waals surface area (Å²) in [6, 6.07) is 43.1. The van der Waals surface area contributed by atoms with Gasteiger partial charge >= 0.3 is 0 Å². The minimum Gasteiger partial charge on any atom is -0.395 e. The van der Waals surface area contributed by atoms with Crippen molar-refractivity contribution >= 4 is 40.6 Å². The first-order valence-corrected chi connectivity index (χ1v) is 24.3. The number of piperidine rings is 1. The lowest BCUT2D eigenvalue weighted by atomic mass is 9.85. The first-order chi connectivity index (χ1) is 33.8. The molecule has 0 bridgehead atoms. The van der Waals surface area contributed by atoms with Crippen LogP contribution >= 0.6 is 0 Å². The van der Waals surface area contributed by atoms with Crippen molar-refractivity contribution in [2.75, 3.05) is 143 Å². The molecule has 0 aliphatic carbocycles. The molecule has 2 heterocycles. The fourth-order valence-electron chi connectivity index (χ4n) is 8.88. The van der Waals surface area contributed by atoms with Crippen LogP contribution in [0.3, 0.4) is 0 Å². The first-order valence-electron chi connectivity index (χ1n) is 24.3. The molecule has 2 aliphatic heterocycles. The molecule has 0 saturated carbocycles. The van der Waals surface area contributed by atoms with E-state index in [-0.39, 0.29) is 51.5 Å². The van der Waals surface area contributed by atoms with Crippen LogP contribution in [0.5, 0.6) is 0 Å². The summed E-state index contributed by atoms with van der Waals surface area (Å²) in [5.41, 5.74) is 9.58. The normalized spacial score (nSPS) is 13.5. The van der Waals surface area contributed by atoms with Gasteiger partial charge in [0.25, 0.3) is 0 Å². The van der Waals surface area contributed by atoms with Gasteiger partial charge in [-0.05, 0) is 109 Å². The van der Waals surface area contributed by atoms with Crippen molar-refractivity contribution in [2.24, 2.45) is 0 Å². The quantitative estimate of drug-likeness (QED) is 0.0425. The Kier molecular flexibility index (Phi) is 23.3. The number of nitrogens with zero attached hydrogens (tertiary/aromatic N) is 6. The van der Waals surface area contributed by atoms with E-state index in [2.05, 4.69) is 82.6 Å². The van der Waals surface area contributed by atoms with Crippen molar-refractivity contribution in [3.63, 3.8) is 0 Å². The molecule has 0 aromatic heterocycles. The highest BCUT2D eigenvalue weighted by atomic mass is 16.3. The largest absolute Gasteiger partial charge is 0.395 e. The highest BCUT2D eigenvalue weighted by molar-refractivity contribution is 5.76. The lowest BCUT2D eigenvalue weighted by Crippen LogP contribution is -2.48. The van der Waals surface area contributed by atoms with Gasteiger partial charge in [0.05, 0.1) is 39.6 Å². The van der Waals surface area contributed by atoms with E-state index in [9.17, 15) is 30.0 Å². The van der Waals surface area contributed by atoms with Gasteiger partial charge in [0.15, 0.2) is 0 Å². The third-order valence-corrected chi connectivity index (χ3v) is 12.6. The predicted octanol–water partition coefficient (Wildman–Crippen LogP) is 5.08. The van der Waals surface area contributed by atoms with E-state index in [0.29, 0.717) is 44.8 Å². The van der Waals surface area contributed by atoms with Crippen LogP contribution in [0.4, 0.5) is 28.4 Å². The van der Waals surface area contributed by atoms with Gasteiger partial charge in [-0.25, -0.2) is 0 Å². The Morgan fingerprint density at radius 3 is 1.17 bits per heavy atom. The molecular weight excluding hydrogens is 873 g/mol. The third-order valence-electron chi connectivity index (χ3n) is 12.6. The number of amides is 1. The minimum atomic E-state index is 0.0248. The van der Waals surface area contributed by atoms with Gasteiger partial charge in [-0.1, -0.05) is 54.6 Å². The van der Waals surface area contributed by atoms with Gasteiger partial charge in [-0.15, -0.1) is 0 Å². The second-order valence-corrected chi connectivity index (χ2v) is 17.1. The molecule has 14 nitrogen and oxygen atoms in total. The van der Waals surface area contributed by atoms with Crippen LogP contribution < -0.4 is 24.5 Å². The van der Waals surface area contributed by atoms with E-state index in [1.165, 1.54) is 30.5 Å².